The molecule has 0 aliphatic heterocycles. The number of hydrogen-bond acceptors (Lipinski definition) is 0. The van der Waals surface area contributed by atoms with Crippen molar-refractivity contribution in [3.05, 3.63) is 71.8 Å². The number of benzene rings is 2. The highest BCUT2D eigenvalue weighted by Gasteiger charge is 2.60. The molecule has 0 nitrogen and oxygen atoms in total. The molecule has 37 heavy (non-hydrogen) atoms. The van der Waals surface area contributed by atoms with E-state index in [2.05, 4.69) is 87.6 Å². The minimum atomic E-state index is -1.48. The Morgan fingerprint density at radius 1 is 0.568 bits per heavy atom. The average molecular weight is 513 g/mol. The van der Waals surface area contributed by atoms with Crippen molar-refractivity contribution in [2.45, 2.75) is 114 Å². The van der Waals surface area contributed by atoms with Crippen LogP contribution in [0.15, 0.2) is 60.7 Å². The Bertz CT molecular complexity index is 930. The second-order valence-electron chi connectivity index (χ2n) is 14.2. The number of hydrogen-bond donors (Lipinski definition) is 0. The van der Waals surface area contributed by atoms with Gasteiger partial charge >= 0.3 is 0 Å². The highest BCUT2D eigenvalue weighted by molar-refractivity contribution is 6.80. The summed E-state index contributed by atoms with van der Waals surface area (Å²) in [7, 11) is -1.48. The molecule has 10 atom stereocenters. The molecule has 10 unspecified atom stereocenters. The maximum Gasteiger partial charge on any atom is 0.0547 e. The van der Waals surface area contributed by atoms with Crippen LogP contribution in [0.2, 0.25) is 24.2 Å². The Balaban J connectivity index is 1.32. The molecular weight excluding hydrogens is 460 g/mol. The molecule has 0 N–H and O–H groups in total. The predicted molar refractivity (Wildman–Crippen MR) is 162 cm³/mol. The Kier molecular flexibility index (Phi) is 7.47. The zero-order valence-electron chi connectivity index (χ0n) is 24.1. The van der Waals surface area contributed by atoms with Crippen LogP contribution in [0.4, 0.5) is 0 Å². The van der Waals surface area contributed by atoms with Crippen LogP contribution < -0.4 is 0 Å². The van der Waals surface area contributed by atoms with Crippen LogP contribution in [0.1, 0.15) is 101 Å². The van der Waals surface area contributed by atoms with Crippen LogP contribution in [0.25, 0.3) is 0 Å². The summed E-state index contributed by atoms with van der Waals surface area (Å²) in [5.41, 5.74) is 5.39. The van der Waals surface area contributed by atoms with Gasteiger partial charge in [0.1, 0.15) is 0 Å². The fourth-order valence-corrected chi connectivity index (χ4v) is 18.1. The lowest BCUT2D eigenvalue weighted by molar-refractivity contribution is 0.226. The SMILES string of the molecule is CCC1CC2C(c3ccccc3)CCCC2C1[Si](C)(C)C1C(CC)CC2C(c3ccccc3)CCCC21. The third-order valence-corrected chi connectivity index (χ3v) is 17.8. The van der Waals surface area contributed by atoms with Crippen molar-refractivity contribution in [2.75, 3.05) is 0 Å². The average Bonchev–Trinajstić information content (AvgIpc) is 3.53. The molecule has 4 fully saturated rings. The van der Waals surface area contributed by atoms with Crippen molar-refractivity contribution >= 4 is 8.07 Å². The summed E-state index contributed by atoms with van der Waals surface area (Å²) in [5, 5.41) is 0. The zero-order valence-corrected chi connectivity index (χ0v) is 25.1. The minimum absolute atomic E-state index is 0.819. The molecule has 200 valence electrons. The van der Waals surface area contributed by atoms with E-state index in [1.165, 1.54) is 64.2 Å². The standard InChI is InChI=1S/C36H52Si/c1-5-25-23-33-29(27-15-9-7-10-16-27)19-13-21-31(33)35(25)37(3,4)36-26(6-2)24-34-30(20-14-22-32(34)36)28-17-11-8-12-18-28/h7-12,15-18,25-26,29-36H,5-6,13-14,19-24H2,1-4H3. The molecule has 0 aromatic heterocycles. The quantitative estimate of drug-likeness (QED) is 0.338. The van der Waals surface area contributed by atoms with E-state index in [0.29, 0.717) is 0 Å². The lowest BCUT2D eigenvalue weighted by Crippen LogP contribution is -2.47. The third kappa shape index (κ3) is 4.50. The molecule has 0 saturated heterocycles. The molecule has 0 amide bonds. The van der Waals surface area contributed by atoms with E-state index in [4.69, 9.17) is 0 Å². The monoisotopic (exact) mass is 512 g/mol. The fraction of sp³-hybridized carbons (Fsp3) is 0.667. The van der Waals surface area contributed by atoms with Crippen LogP contribution in [0.3, 0.4) is 0 Å². The summed E-state index contributed by atoms with van der Waals surface area (Å²) in [4.78, 5) is 0. The summed E-state index contributed by atoms with van der Waals surface area (Å²) >= 11 is 0. The first kappa shape index (κ1) is 25.9. The smallest absolute Gasteiger partial charge is 0.0547 e. The molecule has 0 bridgehead atoms. The van der Waals surface area contributed by atoms with E-state index in [1.807, 2.05) is 0 Å². The van der Waals surface area contributed by atoms with Gasteiger partial charge in [-0.3, -0.25) is 0 Å². The van der Waals surface area contributed by atoms with Gasteiger partial charge in [0, 0.05) is 0 Å². The summed E-state index contributed by atoms with van der Waals surface area (Å²) < 4.78 is 0. The van der Waals surface area contributed by atoms with Crippen LogP contribution in [0.5, 0.6) is 0 Å². The van der Waals surface area contributed by atoms with E-state index in [-0.39, 0.29) is 0 Å². The second-order valence-corrected chi connectivity index (χ2v) is 19.2. The molecular formula is C36H52Si. The Hall–Kier alpha value is -1.34. The highest BCUT2D eigenvalue weighted by atomic mass is 28.3. The molecule has 4 aliphatic carbocycles. The van der Waals surface area contributed by atoms with Gasteiger partial charge in [0.25, 0.3) is 0 Å². The molecule has 4 aliphatic rings. The van der Waals surface area contributed by atoms with Crippen molar-refractivity contribution in [3.8, 4) is 0 Å². The van der Waals surface area contributed by atoms with Gasteiger partial charge in [0.2, 0.25) is 0 Å². The number of fused-ring (bicyclic) bond motifs is 2. The number of rotatable bonds is 6. The van der Waals surface area contributed by atoms with E-state index >= 15 is 0 Å². The maximum absolute atomic E-state index is 2.91. The van der Waals surface area contributed by atoms with Gasteiger partial charge < -0.3 is 0 Å². The summed E-state index contributed by atoms with van der Waals surface area (Å²) in [6, 6.07) is 23.4. The van der Waals surface area contributed by atoms with Crippen LogP contribution in [-0.2, 0) is 0 Å². The Morgan fingerprint density at radius 2 is 0.973 bits per heavy atom. The molecule has 0 radical (unpaired) electrons. The van der Waals surface area contributed by atoms with Gasteiger partial charge in [-0.1, -0.05) is 126 Å². The maximum atomic E-state index is 2.91. The van der Waals surface area contributed by atoms with Crippen molar-refractivity contribution in [2.24, 2.45) is 35.5 Å². The first-order valence-corrected chi connectivity index (χ1v) is 19.3. The van der Waals surface area contributed by atoms with Crippen LogP contribution in [0, 0.1) is 35.5 Å². The lowest BCUT2D eigenvalue weighted by atomic mass is 9.71. The summed E-state index contributed by atoms with van der Waals surface area (Å²) in [6.07, 6.45) is 14.7. The first-order chi connectivity index (χ1) is 18.0. The van der Waals surface area contributed by atoms with Crippen molar-refractivity contribution in [1.29, 1.82) is 0 Å². The lowest BCUT2D eigenvalue weighted by Gasteiger charge is -2.49. The van der Waals surface area contributed by atoms with E-state index < -0.39 is 8.07 Å². The largest absolute Gasteiger partial charge is 0.0689 e. The normalized spacial score (nSPS) is 39.8. The van der Waals surface area contributed by atoms with Crippen LogP contribution in [-0.4, -0.2) is 8.07 Å². The molecule has 0 spiro atoms. The molecule has 4 saturated carbocycles. The van der Waals surface area contributed by atoms with E-state index in [9.17, 15) is 0 Å². The van der Waals surface area contributed by atoms with Crippen molar-refractivity contribution < 1.29 is 0 Å². The van der Waals surface area contributed by atoms with Gasteiger partial charge in [-0.25, -0.2) is 0 Å². The van der Waals surface area contributed by atoms with E-state index in [1.54, 1.807) is 11.1 Å². The Morgan fingerprint density at radius 3 is 1.35 bits per heavy atom. The highest BCUT2D eigenvalue weighted by Crippen LogP contribution is 2.68. The van der Waals surface area contributed by atoms with E-state index in [0.717, 1.165) is 58.4 Å². The molecule has 2 aromatic carbocycles. The molecule has 2 aromatic rings. The van der Waals surface area contributed by atoms with Crippen LogP contribution >= 0.6 is 0 Å². The van der Waals surface area contributed by atoms with Gasteiger partial charge in [0.05, 0.1) is 8.07 Å². The third-order valence-electron chi connectivity index (χ3n) is 12.5. The molecule has 1 heteroatoms. The first-order valence-electron chi connectivity index (χ1n) is 16.1. The van der Waals surface area contributed by atoms with Gasteiger partial charge in [-0.05, 0) is 95.2 Å². The zero-order chi connectivity index (χ0) is 25.6. The van der Waals surface area contributed by atoms with Gasteiger partial charge in [-0.15, -0.1) is 0 Å². The van der Waals surface area contributed by atoms with Crippen molar-refractivity contribution in [3.63, 3.8) is 0 Å². The summed E-state index contributed by atoms with van der Waals surface area (Å²) in [5.74, 6) is 7.47. The van der Waals surface area contributed by atoms with Gasteiger partial charge in [0.15, 0.2) is 0 Å². The molecule has 6 rings (SSSR count). The topological polar surface area (TPSA) is 0 Å². The van der Waals surface area contributed by atoms with Crippen molar-refractivity contribution in [1.82, 2.24) is 0 Å². The molecule has 0 heterocycles. The fourth-order valence-electron chi connectivity index (χ4n) is 11.5. The summed E-state index contributed by atoms with van der Waals surface area (Å²) in [6.45, 7) is 10.9. The second kappa shape index (κ2) is 10.7. The minimum Gasteiger partial charge on any atom is -0.0689 e. The predicted octanol–water partition coefficient (Wildman–Crippen LogP) is 10.7. The Labute approximate surface area is 229 Å². The van der Waals surface area contributed by atoms with Gasteiger partial charge in [-0.2, -0.15) is 0 Å².